The van der Waals surface area contributed by atoms with Crippen LogP contribution in [-0.4, -0.2) is 54.2 Å². The van der Waals surface area contributed by atoms with Gasteiger partial charge in [-0.1, -0.05) is 0 Å². The average Bonchev–Trinajstić information content (AvgIpc) is 2.26. The fourth-order valence-corrected chi connectivity index (χ4v) is 1.26. The summed E-state index contributed by atoms with van der Waals surface area (Å²) in [4.78, 5) is 34.8. The van der Waals surface area contributed by atoms with Gasteiger partial charge in [-0.25, -0.2) is 4.79 Å². The molecule has 18 heavy (non-hydrogen) atoms. The van der Waals surface area contributed by atoms with Gasteiger partial charge in [0.15, 0.2) is 0 Å². The highest BCUT2D eigenvalue weighted by atomic mass is 16.5. The molecule has 0 saturated heterocycles. The second kappa shape index (κ2) is 8.46. The lowest BCUT2D eigenvalue weighted by Crippen LogP contribution is -2.47. The second-order valence-electron chi connectivity index (χ2n) is 4.03. The maximum atomic E-state index is 11.7. The molecular weight excluding hydrogens is 240 g/mol. The molecule has 0 aromatic rings. The van der Waals surface area contributed by atoms with Gasteiger partial charge in [-0.15, -0.1) is 0 Å². The number of carbonyl (C=O) groups excluding carboxylic acids is 2. The number of methoxy groups -OCH3 is 1. The van der Waals surface area contributed by atoms with E-state index >= 15 is 0 Å². The maximum absolute atomic E-state index is 11.7. The van der Waals surface area contributed by atoms with Crippen molar-refractivity contribution in [3.63, 3.8) is 0 Å². The van der Waals surface area contributed by atoms with Crippen molar-refractivity contribution in [1.29, 1.82) is 0 Å². The molecule has 7 heteroatoms. The first-order valence-electron chi connectivity index (χ1n) is 5.69. The molecule has 3 amide bonds. The summed E-state index contributed by atoms with van der Waals surface area (Å²) >= 11 is 0. The summed E-state index contributed by atoms with van der Waals surface area (Å²) in [7, 11) is 1.52. The summed E-state index contributed by atoms with van der Waals surface area (Å²) in [5, 5.41) is 10.6. The van der Waals surface area contributed by atoms with Crippen LogP contribution in [0.25, 0.3) is 0 Å². The number of urea groups is 1. The van der Waals surface area contributed by atoms with Gasteiger partial charge in [0.1, 0.15) is 0 Å². The van der Waals surface area contributed by atoms with Gasteiger partial charge in [0.2, 0.25) is 5.91 Å². The number of carboxylic acids is 1. The lowest BCUT2D eigenvalue weighted by molar-refractivity contribution is -0.138. The molecule has 0 aliphatic carbocycles. The zero-order chi connectivity index (χ0) is 14.1. The number of rotatable bonds is 7. The smallest absolute Gasteiger partial charge is 0.324 e. The molecule has 2 N–H and O–H groups in total. The lowest BCUT2D eigenvalue weighted by atomic mass is 10.3. The molecule has 0 aromatic carbocycles. The van der Waals surface area contributed by atoms with E-state index in [1.165, 1.54) is 12.0 Å². The summed E-state index contributed by atoms with van der Waals surface area (Å²) in [5.41, 5.74) is 0. The average molecular weight is 260 g/mol. The van der Waals surface area contributed by atoms with Crippen LogP contribution in [0.1, 0.15) is 26.7 Å². The molecule has 0 rings (SSSR count). The summed E-state index contributed by atoms with van der Waals surface area (Å²) < 4.78 is 4.87. The van der Waals surface area contributed by atoms with E-state index in [9.17, 15) is 14.4 Å². The van der Waals surface area contributed by atoms with Gasteiger partial charge in [0, 0.05) is 26.1 Å². The van der Waals surface area contributed by atoms with Crippen LogP contribution in [0.2, 0.25) is 0 Å². The third-order valence-electron chi connectivity index (χ3n) is 2.23. The topological polar surface area (TPSA) is 95.9 Å². The van der Waals surface area contributed by atoms with Gasteiger partial charge in [-0.3, -0.25) is 14.9 Å². The van der Waals surface area contributed by atoms with E-state index < -0.39 is 17.9 Å². The van der Waals surface area contributed by atoms with Crippen molar-refractivity contribution in [2.75, 3.05) is 20.3 Å². The molecule has 0 aliphatic rings. The largest absolute Gasteiger partial charge is 0.481 e. The minimum Gasteiger partial charge on any atom is -0.481 e. The van der Waals surface area contributed by atoms with Gasteiger partial charge in [-0.05, 0) is 13.8 Å². The van der Waals surface area contributed by atoms with Crippen LogP contribution < -0.4 is 5.32 Å². The van der Waals surface area contributed by atoms with Crippen LogP contribution in [0.5, 0.6) is 0 Å². The molecule has 0 aromatic heterocycles. The Morgan fingerprint density at radius 2 is 1.89 bits per heavy atom. The first-order valence-corrected chi connectivity index (χ1v) is 5.69. The van der Waals surface area contributed by atoms with Gasteiger partial charge in [0.05, 0.1) is 13.0 Å². The van der Waals surface area contributed by atoms with E-state index in [1.54, 1.807) is 0 Å². The number of amides is 3. The Morgan fingerprint density at radius 1 is 1.28 bits per heavy atom. The van der Waals surface area contributed by atoms with Crippen molar-refractivity contribution in [2.45, 2.75) is 32.7 Å². The van der Waals surface area contributed by atoms with Crippen LogP contribution >= 0.6 is 0 Å². The molecule has 0 bridgehead atoms. The van der Waals surface area contributed by atoms with Crippen molar-refractivity contribution >= 4 is 17.9 Å². The Balaban J connectivity index is 4.24. The molecule has 0 radical (unpaired) electrons. The molecule has 0 fully saturated rings. The number of nitrogens with one attached hydrogen (secondary N) is 1. The minimum absolute atomic E-state index is 0.0765. The van der Waals surface area contributed by atoms with Crippen LogP contribution in [-0.2, 0) is 14.3 Å². The highest BCUT2D eigenvalue weighted by Crippen LogP contribution is 1.99. The van der Waals surface area contributed by atoms with E-state index in [2.05, 4.69) is 5.32 Å². The van der Waals surface area contributed by atoms with E-state index in [0.29, 0.717) is 13.2 Å². The number of ether oxygens (including phenoxy) is 1. The van der Waals surface area contributed by atoms with Crippen LogP contribution in [0.3, 0.4) is 0 Å². The van der Waals surface area contributed by atoms with E-state index in [0.717, 1.165) is 0 Å². The summed E-state index contributed by atoms with van der Waals surface area (Å²) in [6.45, 7) is 4.37. The molecule has 0 unspecified atom stereocenters. The Bertz CT molecular complexity index is 304. The fraction of sp³-hybridized carbons (Fsp3) is 0.727. The minimum atomic E-state index is -1.07. The summed E-state index contributed by atoms with van der Waals surface area (Å²) in [6.07, 6.45) is -0.504. The number of nitrogens with zero attached hydrogens (tertiary/aromatic N) is 1. The highest BCUT2D eigenvalue weighted by Gasteiger charge is 2.18. The van der Waals surface area contributed by atoms with Gasteiger partial charge >= 0.3 is 12.0 Å². The number of imide groups is 1. The van der Waals surface area contributed by atoms with Crippen LogP contribution in [0, 0.1) is 0 Å². The number of carboxylic acid groups (broad SMARTS) is 1. The molecule has 104 valence electrons. The van der Waals surface area contributed by atoms with Crippen LogP contribution in [0.4, 0.5) is 4.79 Å². The summed E-state index contributed by atoms with van der Waals surface area (Å²) in [5.74, 6) is -1.66. The zero-order valence-electron chi connectivity index (χ0n) is 10.9. The third-order valence-corrected chi connectivity index (χ3v) is 2.23. The van der Waals surface area contributed by atoms with Gasteiger partial charge in [-0.2, -0.15) is 0 Å². The van der Waals surface area contributed by atoms with Gasteiger partial charge in [0.25, 0.3) is 0 Å². The molecule has 7 nitrogen and oxygen atoms in total. The molecular formula is C11H20N2O5. The normalized spacial score (nSPS) is 10.2. The lowest BCUT2D eigenvalue weighted by Gasteiger charge is -2.26. The molecule has 0 aliphatic heterocycles. The number of carbonyl (C=O) groups is 3. The van der Waals surface area contributed by atoms with E-state index in [4.69, 9.17) is 9.84 Å². The van der Waals surface area contributed by atoms with E-state index in [-0.39, 0.29) is 18.9 Å². The molecule has 0 heterocycles. The molecule has 0 spiro atoms. The maximum Gasteiger partial charge on any atom is 0.324 e. The van der Waals surface area contributed by atoms with Crippen molar-refractivity contribution in [3.05, 3.63) is 0 Å². The number of aliphatic carboxylic acids is 1. The first kappa shape index (κ1) is 16.4. The third kappa shape index (κ3) is 6.85. The number of hydrogen-bond acceptors (Lipinski definition) is 4. The van der Waals surface area contributed by atoms with Gasteiger partial charge < -0.3 is 14.7 Å². The van der Waals surface area contributed by atoms with Crippen molar-refractivity contribution in [2.24, 2.45) is 0 Å². The Labute approximate surface area is 106 Å². The second-order valence-corrected chi connectivity index (χ2v) is 4.03. The summed E-state index contributed by atoms with van der Waals surface area (Å²) in [6, 6.07) is -0.607. The molecule has 0 atom stereocenters. The number of hydrogen-bond donors (Lipinski definition) is 2. The molecule has 0 saturated carbocycles. The first-order chi connectivity index (χ1) is 8.38. The fourth-order valence-electron chi connectivity index (χ4n) is 1.26. The zero-order valence-corrected chi connectivity index (χ0v) is 10.9. The predicted octanol–water partition coefficient (Wildman–Crippen LogP) is 0.444. The standard InChI is InChI=1S/C11H20N2O5/c1-8(2)13(6-7-18-3)11(17)12-9(14)4-5-10(15)16/h8H,4-7H2,1-3H3,(H,15,16)(H,12,14,17). The monoisotopic (exact) mass is 260 g/mol. The highest BCUT2D eigenvalue weighted by molar-refractivity contribution is 5.95. The van der Waals surface area contributed by atoms with Crippen molar-refractivity contribution in [1.82, 2.24) is 10.2 Å². The SMILES string of the molecule is COCCN(C(=O)NC(=O)CCC(=O)O)C(C)C. The predicted molar refractivity (Wildman–Crippen MR) is 64.1 cm³/mol. The Kier molecular flexibility index (Phi) is 7.69. The van der Waals surface area contributed by atoms with Crippen molar-refractivity contribution < 1.29 is 24.2 Å². The van der Waals surface area contributed by atoms with E-state index in [1.807, 2.05) is 13.8 Å². The quantitative estimate of drug-likeness (QED) is 0.692. The van der Waals surface area contributed by atoms with Crippen LogP contribution in [0.15, 0.2) is 0 Å². The Morgan fingerprint density at radius 3 is 2.33 bits per heavy atom. The Hall–Kier alpha value is -1.63. The van der Waals surface area contributed by atoms with Crippen molar-refractivity contribution in [3.8, 4) is 0 Å².